The van der Waals surface area contributed by atoms with E-state index in [4.69, 9.17) is 14.6 Å². The Morgan fingerprint density at radius 3 is 2.54 bits per heavy atom. The molecule has 0 N–H and O–H groups in total. The molecule has 4 saturated carbocycles. The molecule has 8 rings (SSSR count). The van der Waals surface area contributed by atoms with Gasteiger partial charge in [0.2, 0.25) is 0 Å². The normalized spacial score (nSPS) is 28.4. The van der Waals surface area contributed by atoms with E-state index >= 15 is 0 Å². The molecule has 5 heteroatoms. The molecule has 4 aliphatic carbocycles. The molecular formula is C32H34N2O3. The van der Waals surface area contributed by atoms with E-state index in [2.05, 4.69) is 30.8 Å². The fourth-order valence-electron chi connectivity index (χ4n) is 7.84. The number of hydrogen-bond donors (Lipinski definition) is 0. The standard InChI is InChI=1S/C32H34N2O3/c1-2-30(35)37-28-8-4-3-7-26(28)32(31-23-14-20-13-21(16-23)17-24(31)15-20)22-10-11-27-25(18-22)19-33-34(27)29-9-5-6-12-36-29/h2-4,7-8,10-11,18-21,23-24,29H,1,5-6,9,12-17H2/t20?,21?,23-,24-,29?. The molecule has 1 aliphatic heterocycles. The highest BCUT2D eigenvalue weighted by molar-refractivity contribution is 5.92. The van der Waals surface area contributed by atoms with Crippen LogP contribution in [0, 0.1) is 23.7 Å². The number of ether oxygens (including phenoxy) is 2. The van der Waals surface area contributed by atoms with Crippen molar-refractivity contribution in [1.82, 2.24) is 9.78 Å². The largest absolute Gasteiger partial charge is 0.423 e. The Balaban J connectivity index is 1.38. The van der Waals surface area contributed by atoms with E-state index in [-0.39, 0.29) is 6.23 Å². The summed E-state index contributed by atoms with van der Waals surface area (Å²) in [5.74, 6) is 3.16. The van der Waals surface area contributed by atoms with Crippen molar-refractivity contribution in [2.45, 2.75) is 57.6 Å². The lowest BCUT2D eigenvalue weighted by Crippen LogP contribution is -2.40. The summed E-state index contributed by atoms with van der Waals surface area (Å²) in [7, 11) is 0. The van der Waals surface area contributed by atoms with Gasteiger partial charge < -0.3 is 9.47 Å². The quantitative estimate of drug-likeness (QED) is 0.216. The van der Waals surface area contributed by atoms with Gasteiger partial charge >= 0.3 is 5.97 Å². The van der Waals surface area contributed by atoms with Crippen molar-refractivity contribution < 1.29 is 14.3 Å². The highest BCUT2D eigenvalue weighted by Gasteiger charge is 2.46. The van der Waals surface area contributed by atoms with Gasteiger partial charge in [-0.1, -0.05) is 36.4 Å². The van der Waals surface area contributed by atoms with Gasteiger partial charge in [-0.3, -0.25) is 0 Å². The average molecular weight is 495 g/mol. The first kappa shape index (κ1) is 23.0. The minimum absolute atomic E-state index is 0.0124. The van der Waals surface area contributed by atoms with E-state index in [1.165, 1.54) is 55.7 Å². The first-order valence-corrected chi connectivity index (χ1v) is 13.9. The zero-order valence-corrected chi connectivity index (χ0v) is 21.3. The molecule has 0 radical (unpaired) electrons. The summed E-state index contributed by atoms with van der Waals surface area (Å²) in [4.78, 5) is 12.3. The van der Waals surface area contributed by atoms with Crippen molar-refractivity contribution in [3.05, 3.63) is 78.0 Å². The van der Waals surface area contributed by atoms with Crippen LogP contribution in [0.2, 0.25) is 0 Å². The second-order valence-electron chi connectivity index (χ2n) is 11.4. The monoisotopic (exact) mass is 494 g/mol. The number of fused-ring (bicyclic) bond motifs is 1. The van der Waals surface area contributed by atoms with Gasteiger partial charge in [0.15, 0.2) is 6.23 Å². The molecule has 1 saturated heterocycles. The van der Waals surface area contributed by atoms with Gasteiger partial charge in [0, 0.05) is 23.6 Å². The van der Waals surface area contributed by atoms with Gasteiger partial charge in [-0.15, -0.1) is 0 Å². The molecule has 1 aromatic heterocycles. The third kappa shape index (κ3) is 4.04. The van der Waals surface area contributed by atoms with E-state index in [1.807, 2.05) is 29.1 Å². The number of hydrogen-bond acceptors (Lipinski definition) is 4. The second kappa shape index (κ2) is 9.29. The first-order valence-electron chi connectivity index (χ1n) is 13.9. The third-order valence-corrected chi connectivity index (χ3v) is 9.15. The summed E-state index contributed by atoms with van der Waals surface area (Å²) >= 11 is 0. The van der Waals surface area contributed by atoms with Gasteiger partial charge in [0.05, 0.1) is 11.7 Å². The summed E-state index contributed by atoms with van der Waals surface area (Å²) in [5, 5.41) is 5.86. The van der Waals surface area contributed by atoms with Crippen LogP contribution in [-0.2, 0) is 9.53 Å². The van der Waals surface area contributed by atoms with Crippen molar-refractivity contribution in [2.24, 2.45) is 23.7 Å². The van der Waals surface area contributed by atoms with Crippen LogP contribution in [-0.4, -0.2) is 22.4 Å². The van der Waals surface area contributed by atoms with Crippen LogP contribution in [0.3, 0.4) is 0 Å². The number of allylic oxidation sites excluding steroid dienone is 1. The van der Waals surface area contributed by atoms with Gasteiger partial charge in [-0.2, -0.15) is 5.10 Å². The zero-order valence-electron chi connectivity index (χ0n) is 21.3. The fourth-order valence-corrected chi connectivity index (χ4v) is 7.84. The van der Waals surface area contributed by atoms with Crippen LogP contribution in [0.25, 0.3) is 16.5 Å². The van der Waals surface area contributed by atoms with Crippen molar-refractivity contribution in [1.29, 1.82) is 0 Å². The summed E-state index contributed by atoms with van der Waals surface area (Å²) in [5.41, 5.74) is 6.13. The predicted octanol–water partition coefficient (Wildman–Crippen LogP) is 7.08. The Hall–Kier alpha value is -3.18. The SMILES string of the molecule is C=CC(=O)Oc1ccccc1C(c1ccc2c(cnn2C2CCCCO2)c1)=C1[C@H]2CC3CC(C2)C[C@@H]1C3. The average Bonchev–Trinajstić information content (AvgIpc) is 3.35. The van der Waals surface area contributed by atoms with Gasteiger partial charge in [0.25, 0.3) is 0 Å². The number of rotatable bonds is 5. The van der Waals surface area contributed by atoms with E-state index in [0.717, 1.165) is 47.8 Å². The Morgan fingerprint density at radius 2 is 1.81 bits per heavy atom. The van der Waals surface area contributed by atoms with Gasteiger partial charge in [0.1, 0.15) is 5.75 Å². The van der Waals surface area contributed by atoms with Crippen LogP contribution < -0.4 is 4.74 Å². The van der Waals surface area contributed by atoms with Crippen LogP contribution in [0.4, 0.5) is 0 Å². The molecule has 2 heterocycles. The molecule has 190 valence electrons. The maximum absolute atomic E-state index is 12.3. The maximum atomic E-state index is 12.3. The molecule has 37 heavy (non-hydrogen) atoms. The zero-order chi connectivity index (χ0) is 24.9. The summed E-state index contributed by atoms with van der Waals surface area (Å²) in [6.07, 6.45) is 13.1. The molecule has 1 unspecified atom stereocenters. The molecule has 2 aromatic carbocycles. The van der Waals surface area contributed by atoms with Crippen LogP contribution in [0.5, 0.6) is 5.75 Å². The number of esters is 1. The van der Waals surface area contributed by atoms with E-state index in [0.29, 0.717) is 17.6 Å². The molecule has 4 bridgehead atoms. The van der Waals surface area contributed by atoms with E-state index in [9.17, 15) is 4.79 Å². The van der Waals surface area contributed by atoms with Gasteiger partial charge in [-0.25, -0.2) is 9.48 Å². The van der Waals surface area contributed by atoms with Crippen molar-refractivity contribution in [2.75, 3.05) is 6.61 Å². The minimum Gasteiger partial charge on any atom is -0.423 e. The van der Waals surface area contributed by atoms with Crippen LogP contribution >= 0.6 is 0 Å². The van der Waals surface area contributed by atoms with Crippen LogP contribution in [0.15, 0.2) is 66.9 Å². The van der Waals surface area contributed by atoms with Gasteiger partial charge in [-0.05, 0) is 104 Å². The topological polar surface area (TPSA) is 53.3 Å². The molecule has 5 aliphatic rings. The van der Waals surface area contributed by atoms with Crippen molar-refractivity contribution in [3.63, 3.8) is 0 Å². The maximum Gasteiger partial charge on any atom is 0.335 e. The van der Waals surface area contributed by atoms with Crippen molar-refractivity contribution in [3.8, 4) is 5.75 Å². The molecule has 3 aromatic rings. The molecule has 5 nitrogen and oxygen atoms in total. The Morgan fingerprint density at radius 1 is 1.03 bits per heavy atom. The molecule has 1 atom stereocenters. The number of aromatic nitrogens is 2. The summed E-state index contributed by atoms with van der Waals surface area (Å²) in [6, 6.07) is 14.7. The van der Waals surface area contributed by atoms with Crippen LogP contribution in [0.1, 0.15) is 68.7 Å². The Kier molecular flexibility index (Phi) is 5.77. The molecule has 0 spiro atoms. The fraction of sp³-hybridized carbons (Fsp3) is 0.438. The predicted molar refractivity (Wildman–Crippen MR) is 144 cm³/mol. The lowest BCUT2D eigenvalue weighted by Gasteiger charge is -2.52. The lowest BCUT2D eigenvalue weighted by atomic mass is 9.53. The number of nitrogens with zero attached hydrogens (tertiary/aromatic N) is 2. The van der Waals surface area contributed by atoms with Crippen molar-refractivity contribution >= 4 is 22.4 Å². The second-order valence-corrected chi connectivity index (χ2v) is 11.4. The first-order chi connectivity index (χ1) is 18.2. The third-order valence-electron chi connectivity index (χ3n) is 9.15. The molecule has 0 amide bonds. The molecule has 5 fully saturated rings. The highest BCUT2D eigenvalue weighted by atomic mass is 16.5. The smallest absolute Gasteiger partial charge is 0.335 e. The lowest BCUT2D eigenvalue weighted by molar-refractivity contribution is -0.128. The number of para-hydroxylation sites is 1. The summed E-state index contributed by atoms with van der Waals surface area (Å²) in [6.45, 7) is 4.40. The number of carbonyl (C=O) groups excluding carboxylic acids is 1. The summed E-state index contributed by atoms with van der Waals surface area (Å²) < 4.78 is 13.9. The molecular weight excluding hydrogens is 460 g/mol. The van der Waals surface area contributed by atoms with E-state index in [1.54, 1.807) is 5.57 Å². The minimum atomic E-state index is -0.425. The Labute approximate surface area is 218 Å². The van der Waals surface area contributed by atoms with E-state index < -0.39 is 5.97 Å². The number of benzene rings is 2. The highest BCUT2D eigenvalue weighted by Crippen LogP contribution is 2.59. The number of carbonyl (C=O) groups is 1. The Bertz CT molecular complexity index is 1360.